The van der Waals surface area contributed by atoms with Crippen molar-refractivity contribution in [3.63, 3.8) is 0 Å². The molecule has 0 aromatic heterocycles. The first-order valence-corrected chi connectivity index (χ1v) is 6.30. The van der Waals surface area contributed by atoms with Crippen LogP contribution in [-0.2, 0) is 4.79 Å². The molecule has 1 atom stereocenters. The average molecular weight is 276 g/mol. The number of benzene rings is 1. The lowest BCUT2D eigenvalue weighted by Gasteiger charge is -2.15. The summed E-state index contributed by atoms with van der Waals surface area (Å²) in [7, 11) is 0. The maximum atomic E-state index is 11.6. The van der Waals surface area contributed by atoms with Gasteiger partial charge in [0.05, 0.1) is 12.6 Å². The van der Waals surface area contributed by atoms with Gasteiger partial charge in [-0.25, -0.2) is 4.79 Å². The van der Waals surface area contributed by atoms with Crippen LogP contribution in [0.4, 0.5) is 10.5 Å². The molecular formula is C14H20N4O2. The van der Waals surface area contributed by atoms with Gasteiger partial charge < -0.3 is 21.7 Å². The topological polar surface area (TPSA) is 96.2 Å². The molecule has 0 aliphatic carbocycles. The third kappa shape index (κ3) is 5.53. The average Bonchev–Trinajstić information content (AvgIpc) is 2.39. The monoisotopic (exact) mass is 276 g/mol. The van der Waals surface area contributed by atoms with Crippen LogP contribution in [0.5, 0.6) is 0 Å². The van der Waals surface area contributed by atoms with Crippen LogP contribution in [0, 0.1) is 0 Å². The van der Waals surface area contributed by atoms with E-state index in [0.29, 0.717) is 12.2 Å². The van der Waals surface area contributed by atoms with E-state index in [9.17, 15) is 9.59 Å². The van der Waals surface area contributed by atoms with E-state index in [1.807, 2.05) is 19.1 Å². The van der Waals surface area contributed by atoms with Gasteiger partial charge in [-0.05, 0) is 24.6 Å². The Morgan fingerprint density at radius 2 is 2.00 bits per heavy atom. The molecule has 5 N–H and O–H groups in total. The number of primary amides is 1. The molecule has 1 rings (SSSR count). The number of nitrogens with two attached hydrogens (primary N) is 1. The summed E-state index contributed by atoms with van der Waals surface area (Å²) in [5.74, 6) is -0.0845. The molecule has 0 bridgehead atoms. The highest BCUT2D eigenvalue weighted by molar-refractivity contribution is 5.87. The van der Waals surface area contributed by atoms with Crippen molar-refractivity contribution >= 4 is 17.6 Å². The van der Waals surface area contributed by atoms with Crippen LogP contribution < -0.4 is 21.7 Å². The number of carbonyl (C=O) groups excluding carboxylic acids is 2. The second kappa shape index (κ2) is 7.96. The van der Waals surface area contributed by atoms with E-state index in [0.717, 1.165) is 5.56 Å². The van der Waals surface area contributed by atoms with Crippen LogP contribution in [0.2, 0.25) is 0 Å². The molecule has 1 aromatic carbocycles. The first-order chi connectivity index (χ1) is 9.52. The number of amides is 3. The molecule has 0 aliphatic rings. The summed E-state index contributed by atoms with van der Waals surface area (Å²) in [4.78, 5) is 22.3. The van der Waals surface area contributed by atoms with Crippen molar-refractivity contribution < 1.29 is 9.59 Å². The molecule has 6 heteroatoms. The highest BCUT2D eigenvalue weighted by Gasteiger charge is 2.09. The maximum Gasteiger partial charge on any atom is 0.316 e. The number of hydrogen-bond acceptors (Lipinski definition) is 3. The normalized spacial score (nSPS) is 11.4. The Kier molecular flexibility index (Phi) is 6.25. The minimum atomic E-state index is -0.604. The fourth-order valence-electron chi connectivity index (χ4n) is 1.66. The SMILES string of the molecule is C=CCNCC(=O)NC(C)c1ccc(NC(N)=O)cc1. The Hall–Kier alpha value is -2.34. The lowest BCUT2D eigenvalue weighted by molar-refractivity contribution is -0.120. The van der Waals surface area contributed by atoms with Gasteiger partial charge in [0.1, 0.15) is 0 Å². The van der Waals surface area contributed by atoms with Crippen molar-refractivity contribution in [1.82, 2.24) is 10.6 Å². The first-order valence-electron chi connectivity index (χ1n) is 6.30. The lowest BCUT2D eigenvalue weighted by Crippen LogP contribution is -2.35. The summed E-state index contributed by atoms with van der Waals surface area (Å²) in [6, 6.07) is 6.40. The number of hydrogen-bond donors (Lipinski definition) is 4. The molecule has 1 aromatic rings. The second-order valence-electron chi connectivity index (χ2n) is 4.32. The molecule has 108 valence electrons. The van der Waals surface area contributed by atoms with Gasteiger partial charge >= 0.3 is 6.03 Å². The molecule has 0 fully saturated rings. The highest BCUT2D eigenvalue weighted by atomic mass is 16.2. The molecule has 0 saturated carbocycles. The zero-order valence-corrected chi connectivity index (χ0v) is 11.5. The summed E-state index contributed by atoms with van der Waals surface area (Å²) in [5, 5.41) is 8.28. The standard InChI is InChI=1S/C14H20N4O2/c1-3-8-16-9-13(19)17-10(2)11-4-6-12(7-5-11)18-14(15)20/h3-7,10,16H,1,8-9H2,2H3,(H,17,19)(H3,15,18,20). The summed E-state index contributed by atoms with van der Waals surface area (Å²) < 4.78 is 0. The van der Waals surface area contributed by atoms with Gasteiger partial charge in [0.25, 0.3) is 0 Å². The quantitative estimate of drug-likeness (QED) is 0.444. The van der Waals surface area contributed by atoms with E-state index in [2.05, 4.69) is 22.5 Å². The van der Waals surface area contributed by atoms with E-state index < -0.39 is 6.03 Å². The van der Waals surface area contributed by atoms with Crippen molar-refractivity contribution in [2.24, 2.45) is 5.73 Å². The molecule has 0 radical (unpaired) electrons. The lowest BCUT2D eigenvalue weighted by atomic mass is 10.1. The minimum absolute atomic E-state index is 0.0845. The Labute approximate surface area is 118 Å². The Bertz CT molecular complexity index is 471. The van der Waals surface area contributed by atoms with Gasteiger partial charge in [-0.15, -0.1) is 6.58 Å². The maximum absolute atomic E-state index is 11.6. The third-order valence-electron chi connectivity index (χ3n) is 2.63. The van der Waals surface area contributed by atoms with Gasteiger partial charge in [0.2, 0.25) is 5.91 Å². The Morgan fingerprint density at radius 3 is 2.55 bits per heavy atom. The van der Waals surface area contributed by atoms with Crippen LogP contribution in [0.3, 0.4) is 0 Å². The van der Waals surface area contributed by atoms with Crippen LogP contribution in [0.1, 0.15) is 18.5 Å². The van der Waals surface area contributed by atoms with Gasteiger partial charge in [-0.1, -0.05) is 18.2 Å². The third-order valence-corrected chi connectivity index (χ3v) is 2.63. The van der Waals surface area contributed by atoms with Crippen molar-refractivity contribution in [3.8, 4) is 0 Å². The fourth-order valence-corrected chi connectivity index (χ4v) is 1.66. The van der Waals surface area contributed by atoms with E-state index in [4.69, 9.17) is 5.73 Å². The predicted molar refractivity (Wildman–Crippen MR) is 79.3 cm³/mol. The van der Waals surface area contributed by atoms with E-state index in [1.165, 1.54) is 0 Å². The molecule has 0 aliphatic heterocycles. The van der Waals surface area contributed by atoms with E-state index >= 15 is 0 Å². The van der Waals surface area contributed by atoms with Gasteiger partial charge in [-0.3, -0.25) is 4.79 Å². The molecule has 20 heavy (non-hydrogen) atoms. The molecule has 0 spiro atoms. The molecule has 6 nitrogen and oxygen atoms in total. The number of urea groups is 1. The minimum Gasteiger partial charge on any atom is -0.351 e. The number of carbonyl (C=O) groups is 2. The van der Waals surface area contributed by atoms with Crippen LogP contribution in [0.25, 0.3) is 0 Å². The number of nitrogens with one attached hydrogen (secondary N) is 3. The number of anilines is 1. The van der Waals surface area contributed by atoms with E-state index in [1.54, 1.807) is 18.2 Å². The van der Waals surface area contributed by atoms with E-state index in [-0.39, 0.29) is 18.5 Å². The number of rotatable bonds is 7. The van der Waals surface area contributed by atoms with Crippen LogP contribution >= 0.6 is 0 Å². The summed E-state index contributed by atoms with van der Waals surface area (Å²) >= 11 is 0. The van der Waals surface area contributed by atoms with Crippen LogP contribution in [-0.4, -0.2) is 25.0 Å². The van der Waals surface area contributed by atoms with Gasteiger partial charge in [-0.2, -0.15) is 0 Å². The summed E-state index contributed by atoms with van der Waals surface area (Å²) in [6.45, 7) is 6.29. The molecule has 0 heterocycles. The molecule has 3 amide bonds. The Balaban J connectivity index is 2.50. The predicted octanol–water partition coefficient (Wildman–Crippen LogP) is 1.13. The zero-order valence-electron chi connectivity index (χ0n) is 11.5. The zero-order chi connectivity index (χ0) is 15.0. The van der Waals surface area contributed by atoms with Gasteiger partial charge in [0, 0.05) is 12.2 Å². The van der Waals surface area contributed by atoms with Crippen LogP contribution in [0.15, 0.2) is 36.9 Å². The van der Waals surface area contributed by atoms with Crippen molar-refractivity contribution in [3.05, 3.63) is 42.5 Å². The van der Waals surface area contributed by atoms with Gasteiger partial charge in [0.15, 0.2) is 0 Å². The smallest absolute Gasteiger partial charge is 0.316 e. The fraction of sp³-hybridized carbons (Fsp3) is 0.286. The van der Waals surface area contributed by atoms with Crippen molar-refractivity contribution in [2.75, 3.05) is 18.4 Å². The molecule has 0 saturated heterocycles. The Morgan fingerprint density at radius 1 is 1.35 bits per heavy atom. The highest BCUT2D eigenvalue weighted by Crippen LogP contribution is 2.15. The first kappa shape index (κ1) is 15.7. The summed E-state index contributed by atoms with van der Waals surface area (Å²) in [6.07, 6.45) is 1.70. The van der Waals surface area contributed by atoms with Crippen molar-refractivity contribution in [1.29, 1.82) is 0 Å². The largest absolute Gasteiger partial charge is 0.351 e. The summed E-state index contributed by atoms with van der Waals surface area (Å²) in [5.41, 5.74) is 6.58. The molecular weight excluding hydrogens is 256 g/mol. The second-order valence-corrected chi connectivity index (χ2v) is 4.32. The molecule has 1 unspecified atom stereocenters. The van der Waals surface area contributed by atoms with Crippen molar-refractivity contribution in [2.45, 2.75) is 13.0 Å².